The molecular weight excluding hydrogens is 314 g/mol. The Morgan fingerprint density at radius 2 is 1.80 bits per heavy atom. The molecule has 25 heavy (non-hydrogen) atoms. The van der Waals surface area contributed by atoms with Crippen molar-refractivity contribution in [1.29, 1.82) is 0 Å². The van der Waals surface area contributed by atoms with Gasteiger partial charge in [0.15, 0.2) is 0 Å². The highest BCUT2D eigenvalue weighted by Gasteiger charge is 2.16. The van der Waals surface area contributed by atoms with E-state index < -0.39 is 5.97 Å². The van der Waals surface area contributed by atoms with Crippen LogP contribution in [-0.2, 0) is 19.3 Å². The molecule has 1 aliphatic carbocycles. The second-order valence-electron chi connectivity index (χ2n) is 6.62. The van der Waals surface area contributed by atoms with E-state index >= 15 is 0 Å². The average molecular weight is 333 g/mol. The number of pyridine rings is 1. The van der Waals surface area contributed by atoms with E-state index in [0.717, 1.165) is 29.3 Å². The van der Waals surface area contributed by atoms with Gasteiger partial charge in [-0.05, 0) is 60.6 Å². The molecule has 0 saturated carbocycles. The molecule has 0 spiro atoms. The molecule has 1 aliphatic rings. The van der Waals surface area contributed by atoms with E-state index in [0.29, 0.717) is 12.1 Å². The van der Waals surface area contributed by atoms with Gasteiger partial charge < -0.3 is 10.2 Å². The summed E-state index contributed by atoms with van der Waals surface area (Å²) >= 11 is 0. The van der Waals surface area contributed by atoms with Crippen molar-refractivity contribution < 1.29 is 15.0 Å². The van der Waals surface area contributed by atoms with Crippen LogP contribution in [0.1, 0.15) is 45.6 Å². The second kappa shape index (κ2) is 6.20. The fraction of sp³-hybridized carbons (Fsp3) is 0.238. The van der Waals surface area contributed by atoms with Gasteiger partial charge in [0.25, 0.3) is 0 Å². The molecule has 3 aromatic rings. The van der Waals surface area contributed by atoms with E-state index in [4.69, 9.17) is 10.1 Å². The highest BCUT2D eigenvalue weighted by Crippen LogP contribution is 2.31. The van der Waals surface area contributed by atoms with Crippen LogP contribution in [0, 0.1) is 0 Å². The van der Waals surface area contributed by atoms with E-state index in [9.17, 15) is 9.90 Å². The first kappa shape index (κ1) is 15.6. The van der Waals surface area contributed by atoms with E-state index in [1.165, 1.54) is 24.0 Å². The number of benzene rings is 2. The van der Waals surface area contributed by atoms with Gasteiger partial charge in [-0.2, -0.15) is 0 Å². The lowest BCUT2D eigenvalue weighted by atomic mass is 9.89. The van der Waals surface area contributed by atoms with Crippen LogP contribution in [0.5, 0.6) is 5.75 Å². The summed E-state index contributed by atoms with van der Waals surface area (Å²) < 4.78 is 0. The molecule has 4 heteroatoms. The minimum atomic E-state index is -0.940. The molecule has 2 aromatic carbocycles. The summed E-state index contributed by atoms with van der Waals surface area (Å²) in [5.74, 6) is -0.754. The van der Waals surface area contributed by atoms with E-state index in [1.807, 2.05) is 6.07 Å². The first-order valence-electron chi connectivity index (χ1n) is 8.57. The van der Waals surface area contributed by atoms with Gasteiger partial charge in [0, 0.05) is 11.8 Å². The Labute approximate surface area is 145 Å². The number of carboxylic acid groups (broad SMARTS) is 1. The van der Waals surface area contributed by atoms with Crippen molar-refractivity contribution >= 4 is 16.9 Å². The first-order valence-corrected chi connectivity index (χ1v) is 8.57. The summed E-state index contributed by atoms with van der Waals surface area (Å²) in [6.45, 7) is 0. The molecular formula is C21H19NO3. The van der Waals surface area contributed by atoms with Crippen LogP contribution >= 0.6 is 0 Å². The van der Waals surface area contributed by atoms with Crippen molar-refractivity contribution in [3.63, 3.8) is 0 Å². The lowest BCUT2D eigenvalue weighted by Gasteiger charge is -2.18. The van der Waals surface area contributed by atoms with Crippen molar-refractivity contribution in [1.82, 2.24) is 4.98 Å². The van der Waals surface area contributed by atoms with Crippen LogP contribution in [0.2, 0.25) is 0 Å². The Hall–Kier alpha value is -2.88. The molecule has 0 bridgehead atoms. The van der Waals surface area contributed by atoms with Crippen molar-refractivity contribution in [2.75, 3.05) is 0 Å². The van der Waals surface area contributed by atoms with E-state index in [1.54, 1.807) is 30.3 Å². The van der Waals surface area contributed by atoms with Gasteiger partial charge in [-0.25, -0.2) is 9.78 Å². The quantitative estimate of drug-likeness (QED) is 0.757. The minimum absolute atomic E-state index is 0.186. The Kier molecular flexibility index (Phi) is 3.88. The van der Waals surface area contributed by atoms with Gasteiger partial charge in [-0.1, -0.05) is 24.3 Å². The minimum Gasteiger partial charge on any atom is -0.506 e. The van der Waals surface area contributed by atoms with Gasteiger partial charge in [-0.3, -0.25) is 0 Å². The lowest BCUT2D eigenvalue weighted by molar-refractivity contribution is 0.0697. The van der Waals surface area contributed by atoms with Gasteiger partial charge in [0.05, 0.1) is 16.8 Å². The topological polar surface area (TPSA) is 70.4 Å². The molecule has 1 heterocycles. The number of hydrogen-bond acceptors (Lipinski definition) is 3. The summed E-state index contributed by atoms with van der Waals surface area (Å²) in [6, 6.07) is 12.7. The third kappa shape index (κ3) is 2.95. The maximum absolute atomic E-state index is 11.0. The Morgan fingerprint density at radius 1 is 1.04 bits per heavy atom. The average Bonchev–Trinajstić information content (AvgIpc) is 2.63. The van der Waals surface area contributed by atoms with Crippen LogP contribution in [0.15, 0.2) is 42.5 Å². The molecule has 0 amide bonds. The Balaban J connectivity index is 1.73. The van der Waals surface area contributed by atoms with E-state index in [-0.39, 0.29) is 11.3 Å². The second-order valence-corrected chi connectivity index (χ2v) is 6.62. The van der Waals surface area contributed by atoms with Crippen molar-refractivity contribution in [2.24, 2.45) is 0 Å². The highest BCUT2D eigenvalue weighted by molar-refractivity contribution is 5.87. The molecule has 1 aromatic heterocycles. The van der Waals surface area contributed by atoms with Gasteiger partial charge >= 0.3 is 5.97 Å². The molecule has 0 unspecified atom stereocenters. The molecule has 0 fully saturated rings. The largest absolute Gasteiger partial charge is 0.506 e. The van der Waals surface area contributed by atoms with Crippen molar-refractivity contribution in [3.05, 3.63) is 70.4 Å². The smallest absolute Gasteiger partial charge is 0.335 e. The zero-order valence-corrected chi connectivity index (χ0v) is 13.8. The molecule has 126 valence electrons. The summed E-state index contributed by atoms with van der Waals surface area (Å²) in [4.78, 5) is 15.7. The predicted octanol–water partition coefficient (Wildman–Crippen LogP) is 4.11. The summed E-state index contributed by atoms with van der Waals surface area (Å²) in [7, 11) is 0. The SMILES string of the molecule is O=C(O)c1ccc(Cc2nc3c4c(ccc3cc2O)CCCC4)cc1. The highest BCUT2D eigenvalue weighted by atomic mass is 16.4. The fourth-order valence-corrected chi connectivity index (χ4v) is 3.59. The van der Waals surface area contributed by atoms with Crippen LogP contribution in [0.3, 0.4) is 0 Å². The number of hydrogen-bond donors (Lipinski definition) is 2. The van der Waals surface area contributed by atoms with Gasteiger partial charge in [0.1, 0.15) is 5.75 Å². The number of nitrogens with zero attached hydrogens (tertiary/aromatic N) is 1. The van der Waals surface area contributed by atoms with Crippen LogP contribution in [0.25, 0.3) is 10.9 Å². The third-order valence-corrected chi connectivity index (χ3v) is 4.94. The van der Waals surface area contributed by atoms with Gasteiger partial charge in [-0.15, -0.1) is 0 Å². The molecule has 4 nitrogen and oxygen atoms in total. The summed E-state index contributed by atoms with van der Waals surface area (Å²) in [6.07, 6.45) is 5.02. The number of aromatic nitrogens is 1. The Morgan fingerprint density at radius 3 is 2.56 bits per heavy atom. The fourth-order valence-electron chi connectivity index (χ4n) is 3.59. The number of aromatic carboxylic acids is 1. The number of carbonyl (C=O) groups is 1. The zero-order chi connectivity index (χ0) is 17.4. The number of rotatable bonds is 3. The Bertz CT molecular complexity index is 961. The first-order chi connectivity index (χ1) is 12.1. The van der Waals surface area contributed by atoms with Crippen LogP contribution in [0.4, 0.5) is 0 Å². The number of fused-ring (bicyclic) bond motifs is 3. The normalized spacial score (nSPS) is 13.6. The maximum atomic E-state index is 11.0. The number of aromatic hydroxyl groups is 1. The molecule has 0 aliphatic heterocycles. The number of aryl methyl sites for hydroxylation is 2. The molecule has 4 rings (SSSR count). The van der Waals surface area contributed by atoms with Gasteiger partial charge in [0.2, 0.25) is 0 Å². The third-order valence-electron chi connectivity index (χ3n) is 4.94. The predicted molar refractivity (Wildman–Crippen MR) is 96.3 cm³/mol. The van der Waals surface area contributed by atoms with E-state index in [2.05, 4.69) is 6.07 Å². The summed E-state index contributed by atoms with van der Waals surface area (Å²) in [5, 5.41) is 20.3. The lowest BCUT2D eigenvalue weighted by Crippen LogP contribution is -2.05. The maximum Gasteiger partial charge on any atom is 0.335 e. The van der Waals surface area contributed by atoms with Crippen LogP contribution < -0.4 is 0 Å². The molecule has 0 saturated heterocycles. The van der Waals surface area contributed by atoms with Crippen molar-refractivity contribution in [2.45, 2.75) is 32.1 Å². The monoisotopic (exact) mass is 333 g/mol. The zero-order valence-electron chi connectivity index (χ0n) is 13.8. The molecule has 0 radical (unpaired) electrons. The standard InChI is InChI=1S/C21H19NO3/c23-19-12-16-10-9-14-3-1-2-4-17(14)20(16)22-18(19)11-13-5-7-15(8-6-13)21(24)25/h5-10,12,23H,1-4,11H2,(H,24,25). The summed E-state index contributed by atoms with van der Waals surface area (Å²) in [5.41, 5.74) is 5.49. The molecule has 0 atom stereocenters. The van der Waals surface area contributed by atoms with Crippen LogP contribution in [-0.4, -0.2) is 21.2 Å². The molecule has 2 N–H and O–H groups in total. The van der Waals surface area contributed by atoms with Crippen molar-refractivity contribution in [3.8, 4) is 5.75 Å². The number of carboxylic acids is 1.